The average molecular weight is 403 g/mol. The Morgan fingerprint density at radius 3 is 2.39 bits per heavy atom. The fraction of sp³-hybridized carbons (Fsp3) is 0.364. The van der Waals surface area contributed by atoms with Crippen molar-refractivity contribution in [2.75, 3.05) is 18.1 Å². The first-order valence-corrected chi connectivity index (χ1v) is 9.70. The standard InChI is InChI=1S/C22H24ClFN2O2/c1-22(2,3)16-8-6-15(7-9-16)21(28)26(14-25-12-4-5-20(25)27)17-10-11-19(24)18(23)13-17/h6-11,13H,4-5,12,14H2,1-3H3. The number of anilines is 1. The van der Waals surface area contributed by atoms with Crippen molar-refractivity contribution in [3.63, 3.8) is 0 Å². The summed E-state index contributed by atoms with van der Waals surface area (Å²) in [6.45, 7) is 7.03. The van der Waals surface area contributed by atoms with Gasteiger partial charge in [-0.15, -0.1) is 0 Å². The molecule has 148 valence electrons. The van der Waals surface area contributed by atoms with Crippen LogP contribution in [0, 0.1) is 5.82 Å². The van der Waals surface area contributed by atoms with E-state index in [0.29, 0.717) is 24.2 Å². The molecular formula is C22H24ClFN2O2. The number of benzene rings is 2. The molecule has 2 amide bonds. The van der Waals surface area contributed by atoms with Crippen molar-refractivity contribution in [2.24, 2.45) is 0 Å². The molecule has 0 aromatic heterocycles. The van der Waals surface area contributed by atoms with Crippen LogP contribution in [0.2, 0.25) is 5.02 Å². The number of amides is 2. The van der Waals surface area contributed by atoms with Gasteiger partial charge in [0.25, 0.3) is 5.91 Å². The number of halogens is 2. The minimum absolute atomic E-state index is 0.00842. The van der Waals surface area contributed by atoms with Gasteiger partial charge in [0.05, 0.1) is 5.02 Å². The first-order chi connectivity index (χ1) is 13.2. The average Bonchev–Trinajstić information content (AvgIpc) is 3.05. The van der Waals surface area contributed by atoms with Crippen LogP contribution in [0.3, 0.4) is 0 Å². The SMILES string of the molecule is CC(C)(C)c1ccc(C(=O)N(CN2CCCC2=O)c2ccc(F)c(Cl)c2)cc1. The Morgan fingerprint density at radius 2 is 1.86 bits per heavy atom. The summed E-state index contributed by atoms with van der Waals surface area (Å²) >= 11 is 5.93. The van der Waals surface area contributed by atoms with E-state index in [2.05, 4.69) is 20.8 Å². The molecule has 6 heteroatoms. The molecule has 1 aliphatic rings. The molecule has 2 aromatic rings. The number of likely N-dealkylation sites (tertiary alicyclic amines) is 1. The highest BCUT2D eigenvalue weighted by Gasteiger charge is 2.27. The molecule has 4 nitrogen and oxygen atoms in total. The largest absolute Gasteiger partial charge is 0.324 e. The molecule has 1 fully saturated rings. The molecule has 0 atom stereocenters. The molecule has 28 heavy (non-hydrogen) atoms. The predicted octanol–water partition coefficient (Wildman–Crippen LogP) is 5.00. The Hall–Kier alpha value is -2.40. The van der Waals surface area contributed by atoms with Gasteiger partial charge in [-0.25, -0.2) is 4.39 Å². The zero-order valence-corrected chi connectivity index (χ0v) is 17.1. The number of rotatable bonds is 4. The van der Waals surface area contributed by atoms with Crippen molar-refractivity contribution < 1.29 is 14.0 Å². The summed E-state index contributed by atoms with van der Waals surface area (Å²) in [5, 5.41) is -0.0638. The van der Waals surface area contributed by atoms with E-state index in [1.165, 1.54) is 23.1 Å². The second kappa shape index (κ2) is 7.92. The number of nitrogens with zero attached hydrogens (tertiary/aromatic N) is 2. The van der Waals surface area contributed by atoms with Gasteiger partial charge in [0.15, 0.2) is 0 Å². The minimum Gasteiger partial charge on any atom is -0.324 e. The summed E-state index contributed by atoms with van der Waals surface area (Å²) in [6.07, 6.45) is 1.25. The molecule has 1 heterocycles. The van der Waals surface area contributed by atoms with Crippen molar-refractivity contribution in [3.8, 4) is 0 Å². The second-order valence-corrected chi connectivity index (χ2v) is 8.47. The van der Waals surface area contributed by atoms with Crippen LogP contribution in [0.15, 0.2) is 42.5 Å². The van der Waals surface area contributed by atoms with E-state index in [9.17, 15) is 14.0 Å². The van der Waals surface area contributed by atoms with Crippen LogP contribution in [-0.4, -0.2) is 29.9 Å². The molecule has 0 N–H and O–H groups in total. The van der Waals surface area contributed by atoms with Crippen LogP contribution in [0.4, 0.5) is 10.1 Å². The monoisotopic (exact) mass is 402 g/mol. The van der Waals surface area contributed by atoms with Gasteiger partial charge >= 0.3 is 0 Å². The Balaban J connectivity index is 1.94. The van der Waals surface area contributed by atoms with E-state index in [-0.39, 0.29) is 28.9 Å². The van der Waals surface area contributed by atoms with E-state index in [0.717, 1.165) is 12.0 Å². The quantitative estimate of drug-likeness (QED) is 0.721. The topological polar surface area (TPSA) is 40.6 Å². The van der Waals surface area contributed by atoms with Crippen molar-refractivity contribution >= 4 is 29.1 Å². The van der Waals surface area contributed by atoms with Gasteiger partial charge in [-0.2, -0.15) is 0 Å². The smallest absolute Gasteiger partial charge is 0.259 e. The normalized spacial score (nSPS) is 14.5. The highest BCUT2D eigenvalue weighted by Crippen LogP contribution is 2.27. The molecule has 1 aliphatic heterocycles. The van der Waals surface area contributed by atoms with Crippen LogP contribution in [0.1, 0.15) is 49.5 Å². The molecule has 0 spiro atoms. The molecule has 3 rings (SSSR count). The van der Waals surface area contributed by atoms with Crippen molar-refractivity contribution in [1.29, 1.82) is 0 Å². The number of carbonyl (C=O) groups is 2. The Bertz CT molecular complexity index is 890. The Labute approximate surface area is 169 Å². The third-order valence-corrected chi connectivity index (χ3v) is 5.23. The summed E-state index contributed by atoms with van der Waals surface area (Å²) in [5.74, 6) is -0.804. The van der Waals surface area contributed by atoms with E-state index in [1.54, 1.807) is 17.0 Å². The van der Waals surface area contributed by atoms with E-state index in [4.69, 9.17) is 11.6 Å². The van der Waals surface area contributed by atoms with Crippen LogP contribution in [0.5, 0.6) is 0 Å². The molecule has 0 aliphatic carbocycles. The fourth-order valence-corrected chi connectivity index (χ4v) is 3.38. The van der Waals surface area contributed by atoms with Gasteiger partial charge < -0.3 is 4.90 Å². The molecule has 0 bridgehead atoms. The highest BCUT2D eigenvalue weighted by atomic mass is 35.5. The maximum atomic E-state index is 13.6. The van der Waals surface area contributed by atoms with Crippen LogP contribution in [-0.2, 0) is 10.2 Å². The molecule has 0 radical (unpaired) electrons. The lowest BCUT2D eigenvalue weighted by molar-refractivity contribution is -0.127. The first kappa shape index (κ1) is 20.3. The van der Waals surface area contributed by atoms with Gasteiger partial charge in [0.1, 0.15) is 12.5 Å². The van der Waals surface area contributed by atoms with E-state index < -0.39 is 5.82 Å². The van der Waals surface area contributed by atoms with Crippen molar-refractivity contribution in [3.05, 3.63) is 64.4 Å². The molecule has 0 unspecified atom stereocenters. The van der Waals surface area contributed by atoms with Crippen LogP contribution >= 0.6 is 11.6 Å². The second-order valence-electron chi connectivity index (χ2n) is 8.06. The fourth-order valence-electron chi connectivity index (χ4n) is 3.21. The third kappa shape index (κ3) is 4.36. The lowest BCUT2D eigenvalue weighted by Gasteiger charge is -2.28. The predicted molar refractivity (Wildman–Crippen MR) is 109 cm³/mol. The van der Waals surface area contributed by atoms with Crippen molar-refractivity contribution in [2.45, 2.75) is 39.0 Å². The Kier molecular flexibility index (Phi) is 5.75. The summed E-state index contributed by atoms with van der Waals surface area (Å²) < 4.78 is 13.6. The number of hydrogen-bond donors (Lipinski definition) is 0. The number of hydrogen-bond acceptors (Lipinski definition) is 2. The molecule has 1 saturated heterocycles. The molecular weight excluding hydrogens is 379 g/mol. The highest BCUT2D eigenvalue weighted by molar-refractivity contribution is 6.31. The van der Waals surface area contributed by atoms with Gasteiger partial charge in [-0.1, -0.05) is 44.5 Å². The van der Waals surface area contributed by atoms with E-state index in [1.807, 2.05) is 12.1 Å². The van der Waals surface area contributed by atoms with Gasteiger partial charge in [0, 0.05) is 24.2 Å². The number of carbonyl (C=O) groups excluding carboxylic acids is 2. The lowest BCUT2D eigenvalue weighted by Crippen LogP contribution is -2.42. The lowest BCUT2D eigenvalue weighted by atomic mass is 9.86. The maximum absolute atomic E-state index is 13.6. The van der Waals surface area contributed by atoms with Crippen LogP contribution in [0.25, 0.3) is 0 Å². The Morgan fingerprint density at radius 1 is 1.18 bits per heavy atom. The van der Waals surface area contributed by atoms with E-state index >= 15 is 0 Å². The van der Waals surface area contributed by atoms with Gasteiger partial charge in [0.2, 0.25) is 5.91 Å². The summed E-state index contributed by atoms with van der Waals surface area (Å²) in [6, 6.07) is 11.6. The molecule has 0 saturated carbocycles. The summed E-state index contributed by atoms with van der Waals surface area (Å²) in [5.41, 5.74) is 2.06. The van der Waals surface area contributed by atoms with Crippen molar-refractivity contribution in [1.82, 2.24) is 4.90 Å². The molecule has 2 aromatic carbocycles. The maximum Gasteiger partial charge on any atom is 0.259 e. The zero-order valence-electron chi connectivity index (χ0n) is 16.3. The van der Waals surface area contributed by atoms with Gasteiger partial charge in [-0.05, 0) is 47.7 Å². The van der Waals surface area contributed by atoms with Gasteiger partial charge in [-0.3, -0.25) is 14.5 Å². The van der Waals surface area contributed by atoms with Crippen LogP contribution < -0.4 is 4.90 Å². The minimum atomic E-state index is -0.551. The first-order valence-electron chi connectivity index (χ1n) is 9.32. The summed E-state index contributed by atoms with van der Waals surface area (Å²) in [7, 11) is 0. The summed E-state index contributed by atoms with van der Waals surface area (Å²) in [4.78, 5) is 28.4. The third-order valence-electron chi connectivity index (χ3n) is 4.94. The zero-order chi connectivity index (χ0) is 20.5.